The van der Waals surface area contributed by atoms with E-state index in [-0.39, 0.29) is 13.2 Å². The van der Waals surface area contributed by atoms with E-state index >= 15 is 0 Å². The van der Waals surface area contributed by atoms with Crippen molar-refractivity contribution in [2.45, 2.75) is 52.7 Å². The molecule has 0 fully saturated rings. The van der Waals surface area contributed by atoms with Crippen molar-refractivity contribution in [3.05, 3.63) is 33.4 Å². The minimum atomic E-state index is -0.580. The van der Waals surface area contributed by atoms with Gasteiger partial charge < -0.3 is 19.5 Å². The van der Waals surface area contributed by atoms with Crippen molar-refractivity contribution in [2.24, 2.45) is 0 Å². The summed E-state index contributed by atoms with van der Waals surface area (Å²) in [4.78, 5) is 24.7. The fourth-order valence-electron chi connectivity index (χ4n) is 3.56. The van der Waals surface area contributed by atoms with Crippen LogP contribution in [0.1, 0.15) is 49.3 Å². The molecule has 1 heterocycles. The maximum absolute atomic E-state index is 12.7. The fourth-order valence-corrected chi connectivity index (χ4v) is 4.06. The quantitative estimate of drug-likeness (QED) is 0.608. The van der Waals surface area contributed by atoms with Crippen LogP contribution >= 0.6 is 15.9 Å². The number of hydrogen-bond donors (Lipinski definition) is 1. The number of aromatic nitrogens is 2. The first-order valence-corrected chi connectivity index (χ1v) is 11.0. The van der Waals surface area contributed by atoms with E-state index in [0.717, 1.165) is 39.0 Å². The average Bonchev–Trinajstić information content (AvgIpc) is 3.05. The molecule has 0 unspecified atom stereocenters. The number of alkyl carbamates (subject to hydrolysis) is 1. The lowest BCUT2D eigenvalue weighted by atomic mass is 9.89. The van der Waals surface area contributed by atoms with Crippen LogP contribution < -0.4 is 10.1 Å². The summed E-state index contributed by atoms with van der Waals surface area (Å²) in [5.41, 5.74) is 3.53. The lowest BCUT2D eigenvalue weighted by molar-refractivity contribution is 0.0510. The monoisotopic (exact) mass is 493 g/mol. The first-order chi connectivity index (χ1) is 14.6. The Bertz CT molecular complexity index is 994. The second-order valence-electron chi connectivity index (χ2n) is 8.19. The van der Waals surface area contributed by atoms with Gasteiger partial charge in [-0.05, 0) is 74.2 Å². The number of methoxy groups -OCH3 is 1. The smallest absolute Gasteiger partial charge is 0.407 e. The molecule has 3 rings (SSSR count). The van der Waals surface area contributed by atoms with Gasteiger partial charge in [-0.25, -0.2) is 9.59 Å². The number of hydrogen-bond acceptors (Lipinski definition) is 6. The van der Waals surface area contributed by atoms with E-state index < -0.39 is 17.7 Å². The molecule has 1 amide bonds. The number of halogens is 1. The standard InChI is InChI=1S/C22H28BrN3O5/c1-6-30-20(27)19-14-8-7-13-11-17(29-5)16(23)12-15(13)18(14)25-26(19)10-9-24-21(28)31-22(2,3)4/h11-12H,6-10H2,1-5H3,(H,24,28). The normalized spacial score (nSPS) is 12.6. The van der Waals surface area contributed by atoms with Gasteiger partial charge in [-0.3, -0.25) is 4.68 Å². The molecule has 1 aromatic heterocycles. The van der Waals surface area contributed by atoms with Gasteiger partial charge >= 0.3 is 12.1 Å². The Kier molecular flexibility index (Phi) is 6.93. The zero-order valence-electron chi connectivity index (χ0n) is 18.5. The molecular weight excluding hydrogens is 466 g/mol. The van der Waals surface area contributed by atoms with Crippen molar-refractivity contribution < 1.29 is 23.8 Å². The number of carbonyl (C=O) groups excluding carboxylic acids is 2. The summed E-state index contributed by atoms with van der Waals surface area (Å²) in [5, 5.41) is 7.44. The second kappa shape index (κ2) is 9.30. The summed E-state index contributed by atoms with van der Waals surface area (Å²) in [7, 11) is 1.63. The van der Waals surface area contributed by atoms with Crippen molar-refractivity contribution in [3.8, 4) is 17.0 Å². The molecule has 0 radical (unpaired) electrons. The Morgan fingerprint density at radius 1 is 1.26 bits per heavy atom. The Hall–Kier alpha value is -2.55. The number of nitrogens with zero attached hydrogens (tertiary/aromatic N) is 2. The molecule has 1 aliphatic carbocycles. The molecule has 168 valence electrons. The number of amides is 1. The van der Waals surface area contributed by atoms with Crippen molar-refractivity contribution in [3.63, 3.8) is 0 Å². The fraction of sp³-hybridized carbons (Fsp3) is 0.500. The number of carbonyl (C=O) groups is 2. The molecule has 1 N–H and O–H groups in total. The van der Waals surface area contributed by atoms with Crippen LogP contribution in [-0.4, -0.2) is 47.7 Å². The Morgan fingerprint density at radius 2 is 2.00 bits per heavy atom. The largest absolute Gasteiger partial charge is 0.496 e. The highest BCUT2D eigenvalue weighted by atomic mass is 79.9. The number of benzene rings is 1. The highest BCUT2D eigenvalue weighted by Gasteiger charge is 2.30. The minimum Gasteiger partial charge on any atom is -0.496 e. The molecule has 0 saturated carbocycles. The maximum Gasteiger partial charge on any atom is 0.407 e. The van der Waals surface area contributed by atoms with Gasteiger partial charge in [-0.1, -0.05) is 0 Å². The third-order valence-corrected chi connectivity index (χ3v) is 5.41. The third-order valence-electron chi connectivity index (χ3n) is 4.79. The zero-order chi connectivity index (χ0) is 22.8. The van der Waals surface area contributed by atoms with Gasteiger partial charge in [0.05, 0.1) is 30.4 Å². The topological polar surface area (TPSA) is 91.7 Å². The van der Waals surface area contributed by atoms with E-state index in [1.165, 1.54) is 0 Å². The Labute approximate surface area is 190 Å². The van der Waals surface area contributed by atoms with E-state index in [0.29, 0.717) is 18.7 Å². The SMILES string of the molecule is CCOC(=O)c1c2c(nn1CCNC(=O)OC(C)(C)C)-c1cc(Br)c(OC)cc1CC2. The van der Waals surface area contributed by atoms with Gasteiger partial charge in [0.2, 0.25) is 0 Å². The molecule has 0 saturated heterocycles. The molecular formula is C22H28BrN3O5. The first-order valence-electron chi connectivity index (χ1n) is 10.2. The summed E-state index contributed by atoms with van der Waals surface area (Å²) in [6, 6.07) is 3.97. The first kappa shape index (κ1) is 23.1. The number of nitrogens with one attached hydrogen (secondary N) is 1. The Balaban J connectivity index is 1.91. The summed E-state index contributed by atoms with van der Waals surface area (Å²) < 4.78 is 18.4. The van der Waals surface area contributed by atoms with Crippen LogP contribution in [0.2, 0.25) is 0 Å². The van der Waals surface area contributed by atoms with Crippen LogP contribution in [0.4, 0.5) is 4.79 Å². The summed E-state index contributed by atoms with van der Waals surface area (Å²) >= 11 is 3.54. The lowest BCUT2D eigenvalue weighted by Crippen LogP contribution is -2.34. The van der Waals surface area contributed by atoms with Crippen LogP contribution in [0.3, 0.4) is 0 Å². The van der Waals surface area contributed by atoms with Crippen LogP contribution in [0.25, 0.3) is 11.3 Å². The molecule has 31 heavy (non-hydrogen) atoms. The highest BCUT2D eigenvalue weighted by Crippen LogP contribution is 2.40. The summed E-state index contributed by atoms with van der Waals surface area (Å²) in [6.45, 7) is 8.03. The molecule has 0 aliphatic heterocycles. The minimum absolute atomic E-state index is 0.265. The van der Waals surface area contributed by atoms with Crippen LogP contribution in [0.5, 0.6) is 5.75 Å². The summed E-state index contributed by atoms with van der Waals surface area (Å²) in [6.07, 6.45) is 0.921. The van der Waals surface area contributed by atoms with Crippen molar-refractivity contribution in [1.29, 1.82) is 0 Å². The average molecular weight is 494 g/mol. The molecule has 0 atom stereocenters. The van der Waals surface area contributed by atoms with Gasteiger partial charge in [-0.15, -0.1) is 0 Å². The number of aryl methyl sites for hydroxylation is 1. The number of fused-ring (bicyclic) bond motifs is 3. The molecule has 1 aromatic carbocycles. The molecule has 2 aromatic rings. The van der Waals surface area contributed by atoms with E-state index in [1.54, 1.807) is 39.5 Å². The number of ether oxygens (including phenoxy) is 3. The van der Waals surface area contributed by atoms with Crippen LogP contribution in [0.15, 0.2) is 16.6 Å². The van der Waals surface area contributed by atoms with Gasteiger partial charge in [0.15, 0.2) is 0 Å². The molecule has 1 aliphatic rings. The van der Waals surface area contributed by atoms with Crippen LogP contribution in [-0.2, 0) is 28.9 Å². The van der Waals surface area contributed by atoms with Crippen molar-refractivity contribution >= 4 is 28.0 Å². The second-order valence-corrected chi connectivity index (χ2v) is 9.05. The molecule has 0 spiro atoms. The maximum atomic E-state index is 12.7. The molecule has 8 nitrogen and oxygen atoms in total. The van der Waals surface area contributed by atoms with Crippen molar-refractivity contribution in [2.75, 3.05) is 20.3 Å². The Morgan fingerprint density at radius 3 is 2.65 bits per heavy atom. The van der Waals surface area contributed by atoms with E-state index in [4.69, 9.17) is 19.3 Å². The molecule has 9 heteroatoms. The van der Waals surface area contributed by atoms with Gasteiger partial charge in [0.1, 0.15) is 17.0 Å². The van der Waals surface area contributed by atoms with Crippen molar-refractivity contribution in [1.82, 2.24) is 15.1 Å². The van der Waals surface area contributed by atoms with Gasteiger partial charge in [-0.2, -0.15) is 5.10 Å². The van der Waals surface area contributed by atoms with Gasteiger partial charge in [0, 0.05) is 17.7 Å². The van der Waals surface area contributed by atoms with Crippen LogP contribution in [0, 0.1) is 0 Å². The molecule has 0 bridgehead atoms. The van der Waals surface area contributed by atoms with Gasteiger partial charge in [0.25, 0.3) is 0 Å². The van der Waals surface area contributed by atoms with E-state index in [1.807, 2.05) is 12.1 Å². The summed E-state index contributed by atoms with van der Waals surface area (Å²) in [5.74, 6) is 0.346. The number of rotatable bonds is 6. The van der Waals surface area contributed by atoms with E-state index in [2.05, 4.69) is 21.2 Å². The lowest BCUT2D eigenvalue weighted by Gasteiger charge is -2.19. The predicted molar refractivity (Wildman–Crippen MR) is 120 cm³/mol. The number of esters is 1. The zero-order valence-corrected chi connectivity index (χ0v) is 20.1. The third kappa shape index (κ3) is 5.20. The highest BCUT2D eigenvalue weighted by molar-refractivity contribution is 9.10. The predicted octanol–water partition coefficient (Wildman–Crippen LogP) is 4.12. The van der Waals surface area contributed by atoms with E-state index in [9.17, 15) is 9.59 Å².